The quantitative estimate of drug-likeness (QED) is 0.545. The molecule has 7 heteroatoms. The zero-order valence-corrected chi connectivity index (χ0v) is 16.1. The predicted molar refractivity (Wildman–Crippen MR) is 107 cm³/mol. The van der Waals surface area contributed by atoms with Gasteiger partial charge in [-0.05, 0) is 43.0 Å². The third-order valence-electron chi connectivity index (χ3n) is 5.19. The highest BCUT2D eigenvalue weighted by Crippen LogP contribution is 2.28. The predicted octanol–water partition coefficient (Wildman–Crippen LogP) is 3.57. The molecule has 0 unspecified atom stereocenters. The van der Waals surface area contributed by atoms with Crippen molar-refractivity contribution in [3.63, 3.8) is 0 Å². The second-order valence-corrected chi connectivity index (χ2v) is 8.21. The number of nitrogens with zero attached hydrogens (tertiary/aromatic N) is 6. The fraction of sp³-hybridized carbons (Fsp3) is 0.350. The molecular weight excluding hydrogens is 356 g/mol. The van der Waals surface area contributed by atoms with Crippen LogP contribution in [0.3, 0.4) is 0 Å². The Labute approximate surface area is 162 Å². The van der Waals surface area contributed by atoms with Crippen molar-refractivity contribution in [3.05, 3.63) is 59.6 Å². The Morgan fingerprint density at radius 3 is 3.00 bits per heavy atom. The van der Waals surface area contributed by atoms with E-state index in [-0.39, 0.29) is 0 Å². The molecule has 0 aliphatic carbocycles. The van der Waals surface area contributed by atoms with E-state index in [1.807, 2.05) is 22.4 Å². The largest absolute Gasteiger partial charge is 0.298 e. The molecule has 0 spiro atoms. The topological polar surface area (TPSA) is 51.2 Å². The first-order valence-corrected chi connectivity index (χ1v) is 10.2. The van der Waals surface area contributed by atoms with Gasteiger partial charge >= 0.3 is 0 Å². The number of piperidine rings is 1. The second-order valence-electron chi connectivity index (χ2n) is 7.26. The fourth-order valence-corrected chi connectivity index (χ4v) is 4.60. The van der Waals surface area contributed by atoms with E-state index in [1.54, 1.807) is 11.3 Å². The molecule has 1 aliphatic heterocycles. The average molecular weight is 379 g/mol. The summed E-state index contributed by atoms with van der Waals surface area (Å²) in [4.78, 5) is 8.57. The summed E-state index contributed by atoms with van der Waals surface area (Å²) in [5.41, 5.74) is 3.38. The van der Waals surface area contributed by atoms with Gasteiger partial charge in [-0.25, -0.2) is 9.50 Å². The summed E-state index contributed by atoms with van der Waals surface area (Å²) >= 11 is 1.75. The molecule has 0 amide bonds. The monoisotopic (exact) mass is 378 g/mol. The Hall–Kier alpha value is -2.51. The van der Waals surface area contributed by atoms with Crippen molar-refractivity contribution in [1.82, 2.24) is 29.3 Å². The summed E-state index contributed by atoms with van der Waals surface area (Å²) in [6.07, 6.45) is 8.48. The lowest BCUT2D eigenvalue weighted by molar-refractivity contribution is 0.196. The van der Waals surface area contributed by atoms with Crippen molar-refractivity contribution in [2.45, 2.75) is 25.3 Å². The lowest BCUT2D eigenvalue weighted by atomic mass is 9.97. The number of likely N-dealkylation sites (tertiary alicyclic amines) is 1. The SMILES string of the molecule is Cn1cc(CN2CCC[C@@H](c3nc4ccc(-c5cccs5)cn4n3)C2)cn1. The first-order valence-electron chi connectivity index (χ1n) is 9.35. The Morgan fingerprint density at radius 1 is 1.22 bits per heavy atom. The van der Waals surface area contributed by atoms with Crippen LogP contribution in [0.4, 0.5) is 0 Å². The Morgan fingerprint density at radius 2 is 2.19 bits per heavy atom. The Balaban J connectivity index is 1.36. The van der Waals surface area contributed by atoms with Crippen molar-refractivity contribution >= 4 is 17.0 Å². The van der Waals surface area contributed by atoms with E-state index in [0.717, 1.165) is 37.5 Å². The van der Waals surface area contributed by atoms with Crippen LogP contribution in [0.5, 0.6) is 0 Å². The number of aryl methyl sites for hydroxylation is 1. The van der Waals surface area contributed by atoms with Crippen LogP contribution in [0.15, 0.2) is 48.2 Å². The van der Waals surface area contributed by atoms with Crippen LogP contribution in [-0.4, -0.2) is 42.4 Å². The number of pyridine rings is 1. The van der Waals surface area contributed by atoms with Gasteiger partial charge in [-0.3, -0.25) is 9.58 Å². The molecule has 0 aromatic carbocycles. The van der Waals surface area contributed by atoms with Gasteiger partial charge in [-0.15, -0.1) is 11.3 Å². The molecule has 1 saturated heterocycles. The summed E-state index contributed by atoms with van der Waals surface area (Å²) < 4.78 is 3.80. The smallest absolute Gasteiger partial charge is 0.156 e. The molecule has 5 heterocycles. The van der Waals surface area contributed by atoms with Crippen molar-refractivity contribution in [3.8, 4) is 10.4 Å². The van der Waals surface area contributed by atoms with E-state index in [9.17, 15) is 0 Å². The van der Waals surface area contributed by atoms with Crippen molar-refractivity contribution in [1.29, 1.82) is 0 Å². The van der Waals surface area contributed by atoms with Gasteiger partial charge in [0.1, 0.15) is 0 Å². The highest BCUT2D eigenvalue weighted by Gasteiger charge is 2.25. The van der Waals surface area contributed by atoms with Gasteiger partial charge in [0.2, 0.25) is 0 Å². The number of thiophene rings is 1. The third kappa shape index (κ3) is 3.40. The molecule has 0 bridgehead atoms. The van der Waals surface area contributed by atoms with E-state index in [1.165, 1.54) is 22.4 Å². The molecule has 4 aromatic heterocycles. The van der Waals surface area contributed by atoms with E-state index < -0.39 is 0 Å². The van der Waals surface area contributed by atoms with Gasteiger partial charge in [0.25, 0.3) is 0 Å². The van der Waals surface area contributed by atoms with E-state index in [2.05, 4.69) is 52.0 Å². The molecule has 138 valence electrons. The summed E-state index contributed by atoms with van der Waals surface area (Å²) in [7, 11) is 1.97. The molecule has 1 fully saturated rings. The number of hydrogen-bond acceptors (Lipinski definition) is 5. The minimum Gasteiger partial charge on any atom is -0.298 e. The van der Waals surface area contributed by atoms with Crippen LogP contribution in [-0.2, 0) is 13.6 Å². The first kappa shape index (κ1) is 16.6. The average Bonchev–Trinajstić information content (AvgIpc) is 3.42. The molecule has 6 nitrogen and oxygen atoms in total. The second kappa shape index (κ2) is 6.90. The van der Waals surface area contributed by atoms with Gasteiger partial charge in [0, 0.05) is 54.5 Å². The number of aromatic nitrogens is 5. The van der Waals surface area contributed by atoms with Gasteiger partial charge in [-0.1, -0.05) is 6.07 Å². The molecular formula is C20H22N6S. The molecule has 5 rings (SSSR count). The van der Waals surface area contributed by atoms with Crippen molar-refractivity contribution in [2.75, 3.05) is 13.1 Å². The third-order valence-corrected chi connectivity index (χ3v) is 6.11. The van der Waals surface area contributed by atoms with E-state index in [4.69, 9.17) is 10.1 Å². The normalized spacial score (nSPS) is 18.3. The molecule has 0 radical (unpaired) electrons. The van der Waals surface area contributed by atoms with E-state index >= 15 is 0 Å². The minimum atomic E-state index is 0.389. The van der Waals surface area contributed by atoms with E-state index in [0.29, 0.717) is 5.92 Å². The molecule has 4 aromatic rings. The summed E-state index contributed by atoms with van der Waals surface area (Å²) in [5.74, 6) is 1.36. The molecule has 0 saturated carbocycles. The van der Waals surface area contributed by atoms with Crippen LogP contribution in [0.1, 0.15) is 30.1 Å². The zero-order valence-electron chi connectivity index (χ0n) is 15.3. The maximum Gasteiger partial charge on any atom is 0.156 e. The maximum atomic E-state index is 4.82. The van der Waals surface area contributed by atoms with Crippen molar-refractivity contribution in [2.24, 2.45) is 7.05 Å². The molecule has 0 N–H and O–H groups in total. The fourth-order valence-electron chi connectivity index (χ4n) is 3.88. The Kier molecular flexibility index (Phi) is 4.26. The Bertz CT molecular complexity index is 1050. The van der Waals surface area contributed by atoms with Crippen LogP contribution in [0.2, 0.25) is 0 Å². The van der Waals surface area contributed by atoms with Crippen LogP contribution < -0.4 is 0 Å². The number of rotatable bonds is 4. The zero-order chi connectivity index (χ0) is 18.2. The van der Waals surface area contributed by atoms with Crippen LogP contribution >= 0.6 is 11.3 Å². The van der Waals surface area contributed by atoms with Crippen LogP contribution in [0, 0.1) is 0 Å². The van der Waals surface area contributed by atoms with Crippen LogP contribution in [0.25, 0.3) is 16.1 Å². The molecule has 1 atom stereocenters. The maximum absolute atomic E-state index is 4.82. The molecule has 1 aliphatic rings. The van der Waals surface area contributed by atoms with Gasteiger partial charge < -0.3 is 0 Å². The molecule has 27 heavy (non-hydrogen) atoms. The summed E-state index contributed by atoms with van der Waals surface area (Å²) in [6.45, 7) is 3.07. The highest BCUT2D eigenvalue weighted by atomic mass is 32.1. The first-order chi connectivity index (χ1) is 13.2. The minimum absolute atomic E-state index is 0.389. The van der Waals surface area contributed by atoms with Gasteiger partial charge in [0.05, 0.1) is 6.20 Å². The standard InChI is InChI=1S/C20H22N6S/c1-24-11-15(10-21-24)12-25-8-2-4-17(13-25)20-22-19-7-6-16(14-26(19)23-20)18-5-3-9-27-18/h3,5-7,9-11,14,17H,2,4,8,12-13H2,1H3/t17-/m1/s1. The van der Waals surface area contributed by atoms with Crippen molar-refractivity contribution < 1.29 is 0 Å². The van der Waals surface area contributed by atoms with Gasteiger partial charge in [-0.2, -0.15) is 10.2 Å². The highest BCUT2D eigenvalue weighted by molar-refractivity contribution is 7.13. The lowest BCUT2D eigenvalue weighted by Gasteiger charge is -2.30. The number of fused-ring (bicyclic) bond motifs is 1. The summed E-state index contributed by atoms with van der Waals surface area (Å²) in [5, 5.41) is 11.2. The number of hydrogen-bond donors (Lipinski definition) is 0. The lowest BCUT2D eigenvalue weighted by Crippen LogP contribution is -2.34. The summed E-state index contributed by atoms with van der Waals surface area (Å²) in [6, 6.07) is 8.42. The van der Waals surface area contributed by atoms with Gasteiger partial charge in [0.15, 0.2) is 11.5 Å².